The second-order valence-electron chi connectivity index (χ2n) is 6.39. The van der Waals surface area contributed by atoms with Gasteiger partial charge in [0.25, 0.3) is 0 Å². The lowest BCUT2D eigenvalue weighted by Crippen LogP contribution is -2.22. The van der Waals surface area contributed by atoms with E-state index in [-0.39, 0.29) is 5.91 Å². The second kappa shape index (κ2) is 6.39. The lowest BCUT2D eigenvalue weighted by atomic mass is 10.1. The normalized spacial score (nSPS) is 19.9. The fourth-order valence-electron chi connectivity index (χ4n) is 2.79. The lowest BCUT2D eigenvalue weighted by Gasteiger charge is -2.05. The Balaban J connectivity index is 1.43. The molecule has 22 heavy (non-hydrogen) atoms. The molecule has 1 aromatic heterocycles. The summed E-state index contributed by atoms with van der Waals surface area (Å²) in [5.74, 6) is 3.42. The minimum Gasteiger partial charge on any atom is -0.466 e. The molecule has 3 rings (SSSR count). The van der Waals surface area contributed by atoms with Gasteiger partial charge in [-0.1, -0.05) is 36.8 Å². The van der Waals surface area contributed by atoms with E-state index in [0.29, 0.717) is 25.3 Å². The number of furan rings is 1. The number of hydrogen-bond donors (Lipinski definition) is 1. The molecule has 2 aromatic rings. The number of hydrogen-bond acceptors (Lipinski definition) is 2. The highest BCUT2D eigenvalue weighted by molar-refractivity contribution is 5.76. The molecule has 1 N–H and O–H groups in total. The molecule has 2 atom stereocenters. The van der Waals surface area contributed by atoms with Crippen LogP contribution in [0.4, 0.5) is 0 Å². The molecule has 1 aliphatic rings. The highest BCUT2D eigenvalue weighted by Gasteiger charge is 2.36. The van der Waals surface area contributed by atoms with Gasteiger partial charge in [-0.25, -0.2) is 0 Å². The predicted octanol–water partition coefficient (Wildman–Crippen LogP) is 3.96. The summed E-state index contributed by atoms with van der Waals surface area (Å²) in [6.07, 6.45) is 2.36. The maximum absolute atomic E-state index is 11.9. The van der Waals surface area contributed by atoms with Crippen LogP contribution in [0, 0.1) is 12.8 Å². The summed E-state index contributed by atoms with van der Waals surface area (Å²) in [6, 6.07) is 12.3. The zero-order chi connectivity index (χ0) is 15.5. The molecular weight excluding hydrogens is 274 g/mol. The minimum absolute atomic E-state index is 0.0687. The van der Waals surface area contributed by atoms with Crippen LogP contribution in [0.25, 0.3) is 0 Å². The van der Waals surface area contributed by atoms with Crippen LogP contribution in [0.5, 0.6) is 0 Å². The minimum atomic E-state index is 0.0687. The summed E-state index contributed by atoms with van der Waals surface area (Å²) in [4.78, 5) is 11.9. The van der Waals surface area contributed by atoms with Gasteiger partial charge in [0.15, 0.2) is 0 Å². The monoisotopic (exact) mass is 297 g/mol. The van der Waals surface area contributed by atoms with E-state index in [1.54, 1.807) is 0 Å². The standard InChI is InChI=1S/C19H23NO2/c1-13-4-3-5-15(10-13)12-20-19(21)9-7-16-6-8-18(22-16)17-11-14(17)2/h3-6,8,10,14,17H,7,9,11-12H2,1-2H3,(H,20,21)/t14-,17+/m1/s1. The fraction of sp³-hybridized carbons (Fsp3) is 0.421. The van der Waals surface area contributed by atoms with Crippen LogP contribution in [0.3, 0.4) is 0 Å². The van der Waals surface area contributed by atoms with Crippen molar-refractivity contribution < 1.29 is 9.21 Å². The average Bonchev–Trinajstić information content (AvgIpc) is 3.05. The summed E-state index contributed by atoms with van der Waals surface area (Å²) < 4.78 is 5.83. The molecule has 0 unspecified atom stereocenters. The van der Waals surface area contributed by atoms with E-state index in [1.807, 2.05) is 18.2 Å². The van der Waals surface area contributed by atoms with Gasteiger partial charge in [-0.2, -0.15) is 0 Å². The number of aryl methyl sites for hydroxylation is 2. The Hall–Kier alpha value is -2.03. The van der Waals surface area contributed by atoms with Gasteiger partial charge in [-0.05, 0) is 37.0 Å². The second-order valence-corrected chi connectivity index (χ2v) is 6.39. The van der Waals surface area contributed by atoms with Gasteiger partial charge in [0.1, 0.15) is 11.5 Å². The first kappa shape index (κ1) is 14.9. The van der Waals surface area contributed by atoms with Crippen LogP contribution in [0.2, 0.25) is 0 Å². The molecule has 0 radical (unpaired) electrons. The third-order valence-corrected chi connectivity index (χ3v) is 4.33. The molecule has 3 nitrogen and oxygen atoms in total. The quantitative estimate of drug-likeness (QED) is 0.877. The van der Waals surface area contributed by atoms with Crippen LogP contribution >= 0.6 is 0 Å². The third-order valence-electron chi connectivity index (χ3n) is 4.33. The predicted molar refractivity (Wildman–Crippen MR) is 86.6 cm³/mol. The third kappa shape index (κ3) is 3.79. The number of carbonyl (C=O) groups is 1. The van der Waals surface area contributed by atoms with Crippen LogP contribution in [-0.2, 0) is 17.8 Å². The Kier molecular flexibility index (Phi) is 4.32. The van der Waals surface area contributed by atoms with Crippen LogP contribution in [0.15, 0.2) is 40.8 Å². The Morgan fingerprint density at radius 1 is 1.32 bits per heavy atom. The summed E-state index contributed by atoms with van der Waals surface area (Å²) in [5, 5.41) is 2.96. The van der Waals surface area contributed by atoms with Gasteiger partial charge in [0, 0.05) is 25.3 Å². The summed E-state index contributed by atoms with van der Waals surface area (Å²) in [7, 11) is 0. The molecule has 0 aliphatic heterocycles. The van der Waals surface area contributed by atoms with Crippen LogP contribution in [-0.4, -0.2) is 5.91 Å². The molecule has 116 valence electrons. The Labute approximate surface area is 131 Å². The topological polar surface area (TPSA) is 42.2 Å². The molecule has 0 saturated heterocycles. The highest BCUT2D eigenvalue weighted by atomic mass is 16.3. The van der Waals surface area contributed by atoms with E-state index < -0.39 is 0 Å². The van der Waals surface area contributed by atoms with E-state index in [2.05, 4.69) is 37.4 Å². The van der Waals surface area contributed by atoms with Crippen LogP contribution in [0.1, 0.15) is 48.3 Å². The van der Waals surface area contributed by atoms with E-state index in [9.17, 15) is 4.79 Å². The summed E-state index contributed by atoms with van der Waals surface area (Å²) in [5.41, 5.74) is 2.35. The van der Waals surface area contributed by atoms with Gasteiger partial charge in [-0.3, -0.25) is 4.79 Å². The molecule has 1 fully saturated rings. The molecule has 0 bridgehead atoms. The van der Waals surface area contributed by atoms with Crippen molar-refractivity contribution in [1.82, 2.24) is 5.32 Å². The van der Waals surface area contributed by atoms with Crippen LogP contribution < -0.4 is 5.32 Å². The molecule has 1 aliphatic carbocycles. The Morgan fingerprint density at radius 2 is 2.14 bits per heavy atom. The van der Waals surface area contributed by atoms with Crippen molar-refractivity contribution in [2.24, 2.45) is 5.92 Å². The summed E-state index contributed by atoms with van der Waals surface area (Å²) >= 11 is 0. The zero-order valence-corrected chi connectivity index (χ0v) is 13.3. The van der Waals surface area contributed by atoms with E-state index in [1.165, 1.54) is 12.0 Å². The van der Waals surface area contributed by atoms with E-state index >= 15 is 0 Å². The fourth-order valence-corrected chi connectivity index (χ4v) is 2.79. The maximum Gasteiger partial charge on any atom is 0.220 e. The molecule has 1 aromatic carbocycles. The molecule has 1 saturated carbocycles. The maximum atomic E-state index is 11.9. The molecule has 0 spiro atoms. The van der Waals surface area contributed by atoms with Gasteiger partial charge in [0.05, 0.1) is 0 Å². The van der Waals surface area contributed by atoms with Crippen molar-refractivity contribution in [2.45, 2.75) is 45.6 Å². The Morgan fingerprint density at radius 3 is 2.86 bits per heavy atom. The zero-order valence-electron chi connectivity index (χ0n) is 13.3. The van der Waals surface area contributed by atoms with Crippen molar-refractivity contribution in [3.8, 4) is 0 Å². The van der Waals surface area contributed by atoms with Gasteiger partial charge in [0.2, 0.25) is 5.91 Å². The largest absolute Gasteiger partial charge is 0.466 e. The first-order chi connectivity index (χ1) is 10.6. The number of rotatable bonds is 6. The molecule has 1 amide bonds. The summed E-state index contributed by atoms with van der Waals surface area (Å²) in [6.45, 7) is 4.88. The lowest BCUT2D eigenvalue weighted by molar-refractivity contribution is -0.121. The molecular formula is C19H23NO2. The van der Waals surface area contributed by atoms with Crippen molar-refractivity contribution >= 4 is 5.91 Å². The van der Waals surface area contributed by atoms with Gasteiger partial charge >= 0.3 is 0 Å². The molecule has 1 heterocycles. The van der Waals surface area contributed by atoms with Crippen molar-refractivity contribution in [2.75, 3.05) is 0 Å². The Bertz CT molecular complexity index is 659. The average molecular weight is 297 g/mol. The van der Waals surface area contributed by atoms with E-state index in [0.717, 1.165) is 23.0 Å². The highest BCUT2D eigenvalue weighted by Crippen LogP contribution is 2.47. The van der Waals surface area contributed by atoms with Gasteiger partial charge < -0.3 is 9.73 Å². The van der Waals surface area contributed by atoms with Crippen molar-refractivity contribution in [3.63, 3.8) is 0 Å². The van der Waals surface area contributed by atoms with Gasteiger partial charge in [-0.15, -0.1) is 0 Å². The van der Waals surface area contributed by atoms with E-state index in [4.69, 9.17) is 4.42 Å². The number of carbonyl (C=O) groups excluding carboxylic acids is 1. The van der Waals surface area contributed by atoms with Crippen molar-refractivity contribution in [1.29, 1.82) is 0 Å². The first-order valence-electron chi connectivity index (χ1n) is 8.02. The number of benzene rings is 1. The number of nitrogens with one attached hydrogen (secondary N) is 1. The number of amides is 1. The first-order valence-corrected chi connectivity index (χ1v) is 8.02. The smallest absolute Gasteiger partial charge is 0.220 e. The van der Waals surface area contributed by atoms with Crippen molar-refractivity contribution in [3.05, 3.63) is 59.0 Å². The molecule has 3 heteroatoms. The SMILES string of the molecule is Cc1cccc(CNC(=O)CCc2ccc([C@H]3C[C@H]3C)o2)c1.